The number of fused-ring (bicyclic) bond motifs is 1. The van der Waals surface area contributed by atoms with Crippen LogP contribution in [0.4, 0.5) is 9.93 Å². The van der Waals surface area contributed by atoms with E-state index in [1.165, 1.54) is 11.3 Å². The molecule has 0 saturated carbocycles. The van der Waals surface area contributed by atoms with Gasteiger partial charge in [0.1, 0.15) is 18.4 Å². The highest BCUT2D eigenvalue weighted by Gasteiger charge is 2.25. The molecule has 3 heterocycles. The van der Waals surface area contributed by atoms with Crippen molar-refractivity contribution in [2.75, 3.05) is 18.4 Å². The summed E-state index contributed by atoms with van der Waals surface area (Å²) in [5.74, 6) is 0.402. The number of urea groups is 1. The average molecular weight is 414 g/mol. The Hall–Kier alpha value is -3.07. The second kappa shape index (κ2) is 8.12. The van der Waals surface area contributed by atoms with Crippen LogP contribution < -0.4 is 15.8 Å². The summed E-state index contributed by atoms with van der Waals surface area (Å²) in [5, 5.41) is 4.43. The molecular weight excluding hydrogens is 390 g/mol. The maximum absolute atomic E-state index is 12.4. The van der Waals surface area contributed by atoms with Crippen molar-refractivity contribution in [2.24, 2.45) is 5.73 Å². The predicted octanol–water partition coefficient (Wildman–Crippen LogP) is 2.97. The number of carbonyl (C=O) groups is 2. The SMILES string of the molecule is Cc1cnc(NC(=O)N2CCC(Oc3cccc4c3ccn4CC(N)=O)CC2)s1. The third kappa shape index (κ3) is 4.34. The van der Waals surface area contributed by atoms with Gasteiger partial charge in [0.25, 0.3) is 0 Å². The molecule has 2 aromatic heterocycles. The van der Waals surface area contributed by atoms with E-state index in [0.29, 0.717) is 18.2 Å². The molecule has 3 aromatic rings. The van der Waals surface area contributed by atoms with E-state index in [-0.39, 0.29) is 24.6 Å². The molecule has 8 nitrogen and oxygen atoms in total. The summed E-state index contributed by atoms with van der Waals surface area (Å²) in [6.45, 7) is 3.34. The van der Waals surface area contributed by atoms with Crippen molar-refractivity contribution >= 4 is 39.3 Å². The number of nitrogens with one attached hydrogen (secondary N) is 1. The Morgan fingerprint density at radius 3 is 2.79 bits per heavy atom. The summed E-state index contributed by atoms with van der Waals surface area (Å²) in [6, 6.07) is 7.60. The Balaban J connectivity index is 1.36. The lowest BCUT2D eigenvalue weighted by molar-refractivity contribution is -0.118. The fourth-order valence-corrected chi connectivity index (χ4v) is 4.20. The lowest BCUT2D eigenvalue weighted by Gasteiger charge is -2.32. The van der Waals surface area contributed by atoms with E-state index in [4.69, 9.17) is 10.5 Å². The second-order valence-corrected chi connectivity index (χ2v) is 8.34. The zero-order valence-electron chi connectivity index (χ0n) is 16.1. The topological polar surface area (TPSA) is 102 Å². The fourth-order valence-electron chi connectivity index (χ4n) is 3.54. The average Bonchev–Trinajstić information content (AvgIpc) is 3.29. The number of piperidine rings is 1. The van der Waals surface area contributed by atoms with E-state index in [1.807, 2.05) is 42.0 Å². The molecule has 0 atom stereocenters. The number of primary amides is 1. The maximum Gasteiger partial charge on any atom is 0.323 e. The highest BCUT2D eigenvalue weighted by molar-refractivity contribution is 7.15. The minimum atomic E-state index is -0.382. The number of anilines is 1. The van der Waals surface area contributed by atoms with Crippen LogP contribution in [-0.2, 0) is 11.3 Å². The van der Waals surface area contributed by atoms with Gasteiger partial charge in [-0.1, -0.05) is 6.07 Å². The van der Waals surface area contributed by atoms with Crippen LogP contribution in [0.5, 0.6) is 5.75 Å². The Bertz CT molecular complexity index is 1040. The van der Waals surface area contributed by atoms with Crippen LogP contribution in [0.3, 0.4) is 0 Å². The van der Waals surface area contributed by atoms with Crippen molar-refractivity contribution in [1.29, 1.82) is 0 Å². The Kier molecular flexibility index (Phi) is 5.39. The zero-order valence-corrected chi connectivity index (χ0v) is 16.9. The Morgan fingerprint density at radius 2 is 2.10 bits per heavy atom. The standard InChI is InChI=1S/C20H23N5O3S/c1-13-11-22-19(29-13)23-20(27)24-8-5-14(6-9-24)28-17-4-2-3-16-15(17)7-10-25(16)12-18(21)26/h2-4,7,10-11,14H,5-6,8-9,12H2,1H3,(H2,21,26)(H,22,23,27). The normalized spacial score (nSPS) is 14.9. The number of hydrogen-bond acceptors (Lipinski definition) is 5. The first-order valence-corrected chi connectivity index (χ1v) is 10.3. The molecule has 29 heavy (non-hydrogen) atoms. The molecule has 1 aromatic carbocycles. The molecule has 4 rings (SSSR count). The Morgan fingerprint density at radius 1 is 1.31 bits per heavy atom. The van der Waals surface area contributed by atoms with Gasteiger partial charge in [-0.3, -0.25) is 10.1 Å². The first kappa shape index (κ1) is 19.3. The number of carbonyl (C=O) groups excluding carboxylic acids is 2. The lowest BCUT2D eigenvalue weighted by Crippen LogP contribution is -2.43. The molecule has 0 aliphatic carbocycles. The summed E-state index contributed by atoms with van der Waals surface area (Å²) in [5.41, 5.74) is 6.23. The van der Waals surface area contributed by atoms with E-state index in [0.717, 1.165) is 34.4 Å². The Labute approximate surface area is 172 Å². The van der Waals surface area contributed by atoms with Crippen molar-refractivity contribution in [3.8, 4) is 5.75 Å². The van der Waals surface area contributed by atoms with Crippen LogP contribution in [0.25, 0.3) is 10.9 Å². The number of aromatic nitrogens is 2. The van der Waals surface area contributed by atoms with Gasteiger partial charge in [0.2, 0.25) is 5.91 Å². The highest BCUT2D eigenvalue weighted by atomic mass is 32.1. The quantitative estimate of drug-likeness (QED) is 0.671. The van der Waals surface area contributed by atoms with Gasteiger partial charge in [0, 0.05) is 48.6 Å². The van der Waals surface area contributed by atoms with Crippen molar-refractivity contribution in [1.82, 2.24) is 14.5 Å². The number of thiazole rings is 1. The van der Waals surface area contributed by atoms with Crippen LogP contribution in [0.1, 0.15) is 17.7 Å². The van der Waals surface area contributed by atoms with Gasteiger partial charge < -0.3 is 19.9 Å². The molecule has 152 valence electrons. The monoisotopic (exact) mass is 413 g/mol. The van der Waals surface area contributed by atoms with E-state index < -0.39 is 0 Å². The smallest absolute Gasteiger partial charge is 0.323 e. The summed E-state index contributed by atoms with van der Waals surface area (Å²) in [7, 11) is 0. The summed E-state index contributed by atoms with van der Waals surface area (Å²) >= 11 is 1.46. The van der Waals surface area contributed by atoms with Crippen LogP contribution in [0.2, 0.25) is 0 Å². The number of amides is 3. The molecule has 9 heteroatoms. The molecule has 1 aliphatic heterocycles. The molecule has 0 bridgehead atoms. The first-order valence-electron chi connectivity index (χ1n) is 9.51. The van der Waals surface area contributed by atoms with Gasteiger partial charge in [-0.15, -0.1) is 11.3 Å². The van der Waals surface area contributed by atoms with Crippen LogP contribution >= 0.6 is 11.3 Å². The lowest BCUT2D eigenvalue weighted by atomic mass is 10.1. The molecule has 0 unspecified atom stereocenters. The maximum atomic E-state index is 12.4. The molecule has 0 spiro atoms. The van der Waals surface area contributed by atoms with Crippen molar-refractivity contribution in [3.63, 3.8) is 0 Å². The summed E-state index contributed by atoms with van der Waals surface area (Å²) in [6.07, 6.45) is 5.13. The van der Waals surface area contributed by atoms with Crippen molar-refractivity contribution < 1.29 is 14.3 Å². The fraction of sp³-hybridized carbons (Fsp3) is 0.350. The highest BCUT2D eigenvalue weighted by Crippen LogP contribution is 2.29. The minimum absolute atomic E-state index is 0.0336. The van der Waals surface area contributed by atoms with Crippen molar-refractivity contribution in [3.05, 3.63) is 41.5 Å². The van der Waals surface area contributed by atoms with Gasteiger partial charge >= 0.3 is 6.03 Å². The summed E-state index contributed by atoms with van der Waals surface area (Å²) < 4.78 is 8.06. The van der Waals surface area contributed by atoms with Crippen molar-refractivity contribution in [2.45, 2.75) is 32.4 Å². The predicted molar refractivity (Wildman–Crippen MR) is 112 cm³/mol. The number of ether oxygens (including phenoxy) is 1. The summed E-state index contributed by atoms with van der Waals surface area (Å²) in [4.78, 5) is 30.7. The molecule has 1 saturated heterocycles. The van der Waals surface area contributed by atoms with Gasteiger partial charge in [-0.05, 0) is 25.1 Å². The molecule has 1 fully saturated rings. The van der Waals surface area contributed by atoms with Gasteiger partial charge in [-0.2, -0.15) is 0 Å². The van der Waals surface area contributed by atoms with Crippen LogP contribution in [0, 0.1) is 6.92 Å². The number of nitrogens with two attached hydrogens (primary N) is 1. The number of likely N-dealkylation sites (tertiary alicyclic amines) is 1. The molecule has 3 amide bonds. The molecule has 0 radical (unpaired) electrons. The van der Waals surface area contributed by atoms with E-state index in [1.54, 1.807) is 11.1 Å². The zero-order chi connectivity index (χ0) is 20.4. The molecule has 1 aliphatic rings. The molecular formula is C20H23N5O3S. The number of benzene rings is 1. The van der Waals surface area contributed by atoms with E-state index in [2.05, 4.69) is 10.3 Å². The van der Waals surface area contributed by atoms with Gasteiger partial charge in [-0.25, -0.2) is 9.78 Å². The minimum Gasteiger partial charge on any atom is -0.490 e. The second-order valence-electron chi connectivity index (χ2n) is 7.11. The third-order valence-electron chi connectivity index (χ3n) is 4.96. The number of rotatable bonds is 5. The number of hydrogen-bond donors (Lipinski definition) is 2. The van der Waals surface area contributed by atoms with E-state index in [9.17, 15) is 9.59 Å². The van der Waals surface area contributed by atoms with E-state index >= 15 is 0 Å². The van der Waals surface area contributed by atoms with Crippen LogP contribution in [0.15, 0.2) is 36.7 Å². The largest absolute Gasteiger partial charge is 0.490 e. The van der Waals surface area contributed by atoms with Crippen LogP contribution in [-0.4, -0.2) is 45.6 Å². The van der Waals surface area contributed by atoms with Gasteiger partial charge in [0.15, 0.2) is 5.13 Å². The molecule has 3 N–H and O–H groups in total. The number of nitrogens with zero attached hydrogens (tertiary/aromatic N) is 3. The third-order valence-corrected chi connectivity index (χ3v) is 5.79. The first-order chi connectivity index (χ1) is 14.0. The van der Waals surface area contributed by atoms with Gasteiger partial charge in [0.05, 0.1) is 5.52 Å². The number of aryl methyl sites for hydroxylation is 1.